The number of fused-ring (bicyclic) bond motifs is 1. The van der Waals surface area contributed by atoms with Crippen LogP contribution in [-0.4, -0.2) is 40.9 Å². The summed E-state index contributed by atoms with van der Waals surface area (Å²) < 4.78 is 5.47. The van der Waals surface area contributed by atoms with Crippen molar-refractivity contribution in [2.45, 2.75) is 6.54 Å². The molecule has 0 aliphatic carbocycles. The summed E-state index contributed by atoms with van der Waals surface area (Å²) in [4.78, 5) is 33.7. The summed E-state index contributed by atoms with van der Waals surface area (Å²) >= 11 is 0. The van der Waals surface area contributed by atoms with E-state index < -0.39 is 0 Å². The lowest BCUT2D eigenvalue weighted by Crippen LogP contribution is -2.34. The Bertz CT molecular complexity index is 886. The van der Waals surface area contributed by atoms with E-state index in [1.165, 1.54) is 11.1 Å². The molecule has 0 fully saturated rings. The topological polar surface area (TPSA) is 100 Å². The van der Waals surface area contributed by atoms with Crippen molar-refractivity contribution in [2.24, 2.45) is 0 Å². The number of anilines is 1. The number of benzene rings is 1. The lowest BCUT2D eigenvalue weighted by atomic mass is 10.2. The van der Waals surface area contributed by atoms with Crippen molar-refractivity contribution in [1.82, 2.24) is 20.2 Å². The van der Waals surface area contributed by atoms with Gasteiger partial charge in [-0.25, -0.2) is 4.79 Å². The van der Waals surface area contributed by atoms with Gasteiger partial charge in [0.15, 0.2) is 5.58 Å². The number of pyridine rings is 1. The standard InChI is InChI=1S/C17H17N5O3/c1-22(2)17(24)19-10-12-9-11(7-8-18-12)15(23)21-16-20-13-5-3-4-6-14(13)25-16/h3-9H,10H2,1-2H3,(H,19,24)(H,20,21,23). The van der Waals surface area contributed by atoms with Gasteiger partial charge in [0.1, 0.15) is 5.52 Å². The van der Waals surface area contributed by atoms with E-state index in [1.54, 1.807) is 38.4 Å². The number of carbonyl (C=O) groups is 2. The molecule has 0 aliphatic rings. The van der Waals surface area contributed by atoms with Crippen LogP contribution in [0.4, 0.5) is 10.8 Å². The maximum atomic E-state index is 12.4. The van der Waals surface area contributed by atoms with Gasteiger partial charge in [0, 0.05) is 25.9 Å². The number of urea groups is 1. The predicted molar refractivity (Wildman–Crippen MR) is 92.1 cm³/mol. The lowest BCUT2D eigenvalue weighted by molar-refractivity contribution is 0.102. The van der Waals surface area contributed by atoms with Crippen molar-refractivity contribution in [2.75, 3.05) is 19.4 Å². The number of rotatable bonds is 4. The number of nitrogens with one attached hydrogen (secondary N) is 2. The smallest absolute Gasteiger partial charge is 0.317 e. The average molecular weight is 339 g/mol. The van der Waals surface area contributed by atoms with Gasteiger partial charge in [0.25, 0.3) is 5.91 Å². The zero-order valence-electron chi connectivity index (χ0n) is 13.8. The molecular weight excluding hydrogens is 322 g/mol. The summed E-state index contributed by atoms with van der Waals surface area (Å²) in [5.41, 5.74) is 2.23. The molecule has 0 bridgehead atoms. The third-order valence-electron chi connectivity index (χ3n) is 3.42. The van der Waals surface area contributed by atoms with E-state index >= 15 is 0 Å². The van der Waals surface area contributed by atoms with Crippen molar-refractivity contribution in [3.8, 4) is 0 Å². The van der Waals surface area contributed by atoms with Crippen LogP contribution < -0.4 is 10.6 Å². The molecule has 2 heterocycles. The fraction of sp³-hybridized carbons (Fsp3) is 0.176. The zero-order valence-corrected chi connectivity index (χ0v) is 13.8. The van der Waals surface area contributed by atoms with Crippen LogP contribution in [0.15, 0.2) is 47.0 Å². The summed E-state index contributed by atoms with van der Waals surface area (Å²) in [6.07, 6.45) is 1.51. The van der Waals surface area contributed by atoms with Crippen LogP contribution in [-0.2, 0) is 6.54 Å². The first kappa shape index (κ1) is 16.4. The van der Waals surface area contributed by atoms with Crippen molar-refractivity contribution in [3.05, 3.63) is 53.9 Å². The van der Waals surface area contributed by atoms with Gasteiger partial charge in [-0.15, -0.1) is 0 Å². The van der Waals surface area contributed by atoms with Crippen molar-refractivity contribution in [1.29, 1.82) is 0 Å². The highest BCUT2D eigenvalue weighted by Crippen LogP contribution is 2.18. The molecule has 0 saturated heterocycles. The number of hydrogen-bond donors (Lipinski definition) is 2. The molecule has 3 rings (SSSR count). The SMILES string of the molecule is CN(C)C(=O)NCc1cc(C(=O)Nc2nc3ccccc3o2)ccn1. The normalized spacial score (nSPS) is 10.5. The number of hydrogen-bond acceptors (Lipinski definition) is 5. The van der Waals surface area contributed by atoms with Crippen LogP contribution in [0.1, 0.15) is 16.1 Å². The van der Waals surface area contributed by atoms with E-state index in [0.717, 1.165) is 0 Å². The Morgan fingerprint density at radius 1 is 1.20 bits per heavy atom. The largest absolute Gasteiger partial charge is 0.423 e. The van der Waals surface area contributed by atoms with E-state index in [-0.39, 0.29) is 24.5 Å². The van der Waals surface area contributed by atoms with E-state index in [0.29, 0.717) is 22.4 Å². The van der Waals surface area contributed by atoms with E-state index in [4.69, 9.17) is 4.42 Å². The first-order valence-corrected chi connectivity index (χ1v) is 7.60. The molecule has 0 unspecified atom stereocenters. The average Bonchev–Trinajstić information content (AvgIpc) is 3.02. The van der Waals surface area contributed by atoms with Crippen LogP contribution in [0.3, 0.4) is 0 Å². The molecule has 3 amide bonds. The van der Waals surface area contributed by atoms with Crippen LogP contribution in [0.5, 0.6) is 0 Å². The summed E-state index contributed by atoms with van der Waals surface area (Å²) in [7, 11) is 3.29. The van der Waals surface area contributed by atoms with E-state index in [9.17, 15) is 9.59 Å². The number of carbonyl (C=O) groups excluding carboxylic acids is 2. The molecule has 8 nitrogen and oxygen atoms in total. The molecule has 0 atom stereocenters. The Labute approximate surface area is 143 Å². The minimum Gasteiger partial charge on any atom is -0.423 e. The van der Waals surface area contributed by atoms with E-state index in [2.05, 4.69) is 20.6 Å². The first-order valence-electron chi connectivity index (χ1n) is 7.60. The number of amides is 3. The van der Waals surface area contributed by atoms with Crippen LogP contribution in [0.25, 0.3) is 11.1 Å². The summed E-state index contributed by atoms with van der Waals surface area (Å²) in [6.45, 7) is 0.223. The van der Waals surface area contributed by atoms with E-state index in [1.807, 2.05) is 12.1 Å². The minimum atomic E-state index is -0.367. The summed E-state index contributed by atoms with van der Waals surface area (Å²) in [5.74, 6) is -0.367. The molecular formula is C17H17N5O3. The number of aromatic nitrogens is 2. The van der Waals surface area contributed by atoms with Gasteiger partial charge in [-0.1, -0.05) is 12.1 Å². The fourth-order valence-corrected chi connectivity index (χ4v) is 2.14. The Kier molecular flexibility index (Phi) is 4.60. The summed E-state index contributed by atoms with van der Waals surface area (Å²) in [5, 5.41) is 5.31. The minimum absolute atomic E-state index is 0.130. The Balaban J connectivity index is 1.69. The molecule has 1 aromatic carbocycles. The fourth-order valence-electron chi connectivity index (χ4n) is 2.14. The molecule has 0 saturated carbocycles. The number of nitrogens with zero attached hydrogens (tertiary/aromatic N) is 3. The van der Waals surface area contributed by atoms with Crippen LogP contribution >= 0.6 is 0 Å². The molecule has 0 spiro atoms. The molecule has 2 N–H and O–H groups in total. The molecule has 2 aromatic heterocycles. The van der Waals surface area contributed by atoms with Crippen molar-refractivity contribution < 1.29 is 14.0 Å². The van der Waals surface area contributed by atoms with Crippen molar-refractivity contribution in [3.63, 3.8) is 0 Å². The van der Waals surface area contributed by atoms with Gasteiger partial charge in [-0.3, -0.25) is 15.1 Å². The molecule has 0 radical (unpaired) electrons. The zero-order chi connectivity index (χ0) is 17.8. The van der Waals surface area contributed by atoms with Gasteiger partial charge >= 0.3 is 12.0 Å². The number of oxazole rings is 1. The molecule has 8 heteroatoms. The maximum Gasteiger partial charge on any atom is 0.317 e. The predicted octanol–water partition coefficient (Wildman–Crippen LogP) is 2.25. The second-order valence-electron chi connectivity index (χ2n) is 5.53. The third-order valence-corrected chi connectivity index (χ3v) is 3.42. The van der Waals surface area contributed by atoms with Gasteiger partial charge in [-0.05, 0) is 24.3 Å². The Morgan fingerprint density at radius 2 is 2.00 bits per heavy atom. The maximum absolute atomic E-state index is 12.4. The van der Waals surface area contributed by atoms with Gasteiger partial charge < -0.3 is 14.6 Å². The first-order chi connectivity index (χ1) is 12.0. The second kappa shape index (κ2) is 7.00. The summed E-state index contributed by atoms with van der Waals surface area (Å²) in [6, 6.07) is 10.3. The van der Waals surface area contributed by atoms with Gasteiger partial charge in [0.2, 0.25) is 0 Å². The third kappa shape index (κ3) is 3.92. The molecule has 25 heavy (non-hydrogen) atoms. The quantitative estimate of drug-likeness (QED) is 0.759. The van der Waals surface area contributed by atoms with Gasteiger partial charge in [-0.2, -0.15) is 4.98 Å². The van der Waals surface area contributed by atoms with Crippen molar-refractivity contribution >= 4 is 29.1 Å². The highest BCUT2D eigenvalue weighted by atomic mass is 16.4. The number of para-hydroxylation sites is 2. The van der Waals surface area contributed by atoms with Gasteiger partial charge in [0.05, 0.1) is 12.2 Å². The molecule has 3 aromatic rings. The second-order valence-corrected chi connectivity index (χ2v) is 5.53. The Morgan fingerprint density at radius 3 is 2.76 bits per heavy atom. The van der Waals surface area contributed by atoms with Crippen LogP contribution in [0.2, 0.25) is 0 Å². The molecule has 0 aliphatic heterocycles. The lowest BCUT2D eigenvalue weighted by Gasteiger charge is -2.11. The molecule has 128 valence electrons. The monoisotopic (exact) mass is 339 g/mol. The van der Waals surface area contributed by atoms with Crippen LogP contribution in [0, 0.1) is 0 Å². The highest BCUT2D eigenvalue weighted by Gasteiger charge is 2.12. The Hall–Kier alpha value is -3.42. The highest BCUT2D eigenvalue weighted by molar-refractivity contribution is 6.03.